The smallest absolute Gasteiger partial charge is 0.340 e. The summed E-state index contributed by atoms with van der Waals surface area (Å²) in [5, 5.41) is 0.0584. The number of benzene rings is 3. The number of hydrogen-bond donors (Lipinski definition) is 2. The number of nitrogens with one attached hydrogen (secondary N) is 1. The van der Waals surface area contributed by atoms with E-state index in [1.807, 2.05) is 6.92 Å². The molecule has 38 heavy (non-hydrogen) atoms. The van der Waals surface area contributed by atoms with Gasteiger partial charge in [-0.2, -0.15) is 0 Å². The average Bonchev–Trinajstić information content (AvgIpc) is 2.84. The van der Waals surface area contributed by atoms with Crippen LogP contribution >= 0.6 is 0 Å². The van der Waals surface area contributed by atoms with E-state index in [0.29, 0.717) is 23.8 Å². The van der Waals surface area contributed by atoms with E-state index in [4.69, 9.17) is 19.6 Å². The zero-order valence-corrected chi connectivity index (χ0v) is 24.7. The Morgan fingerprint density at radius 1 is 0.974 bits per heavy atom. The molecule has 0 saturated carbocycles. The Morgan fingerprint density at radius 3 is 2.18 bits per heavy atom. The standard InChI is InChI=1S/C28H36N2O6SSi/c1-19-8-12-23(13-9-19)37(32,33)30-26-15-11-22(17-24(26)27(31)34-5)36-21-10-14-25(29)20(16-21)18-35-38(6,7)28(2,3)4/h8-17,30H,18,29H2,1-7H3. The van der Waals surface area contributed by atoms with Crippen LogP contribution in [0.5, 0.6) is 11.5 Å². The number of carbonyl (C=O) groups excluding carboxylic acids is 1. The molecule has 0 spiro atoms. The summed E-state index contributed by atoms with van der Waals surface area (Å²) < 4.78 is 45.5. The predicted octanol–water partition coefficient (Wildman–Crippen LogP) is 6.48. The van der Waals surface area contributed by atoms with Crippen molar-refractivity contribution < 1.29 is 27.1 Å². The van der Waals surface area contributed by atoms with Crippen molar-refractivity contribution in [3.8, 4) is 11.5 Å². The van der Waals surface area contributed by atoms with E-state index in [-0.39, 0.29) is 21.2 Å². The van der Waals surface area contributed by atoms with E-state index in [0.717, 1.165) is 11.1 Å². The van der Waals surface area contributed by atoms with Crippen LogP contribution in [-0.4, -0.2) is 29.8 Å². The molecule has 0 fully saturated rings. The van der Waals surface area contributed by atoms with Crippen molar-refractivity contribution in [1.29, 1.82) is 0 Å². The number of esters is 1. The maximum atomic E-state index is 12.9. The Bertz CT molecular complexity index is 1410. The Balaban J connectivity index is 1.86. The van der Waals surface area contributed by atoms with Crippen LogP contribution in [0.25, 0.3) is 0 Å². The van der Waals surface area contributed by atoms with Crippen LogP contribution in [0.4, 0.5) is 11.4 Å². The van der Waals surface area contributed by atoms with Crippen molar-refractivity contribution in [1.82, 2.24) is 0 Å². The van der Waals surface area contributed by atoms with Gasteiger partial charge in [-0.15, -0.1) is 0 Å². The SMILES string of the molecule is COC(=O)c1cc(Oc2ccc(N)c(CO[Si](C)(C)C(C)(C)C)c2)ccc1NS(=O)(=O)c1ccc(C)cc1. The van der Waals surface area contributed by atoms with Gasteiger partial charge in [0.25, 0.3) is 10.0 Å². The topological polar surface area (TPSA) is 117 Å². The van der Waals surface area contributed by atoms with Crippen LogP contribution in [0.1, 0.15) is 42.3 Å². The number of aryl methyl sites for hydroxylation is 1. The van der Waals surface area contributed by atoms with E-state index in [1.165, 1.54) is 31.4 Å². The van der Waals surface area contributed by atoms with Gasteiger partial charge in [-0.05, 0) is 73.6 Å². The highest BCUT2D eigenvalue weighted by atomic mass is 32.2. The molecule has 8 nitrogen and oxygen atoms in total. The second kappa shape index (κ2) is 11.2. The molecule has 0 atom stereocenters. The van der Waals surface area contributed by atoms with Crippen LogP contribution in [0.15, 0.2) is 65.6 Å². The van der Waals surface area contributed by atoms with Crippen LogP contribution in [0, 0.1) is 6.92 Å². The van der Waals surface area contributed by atoms with Gasteiger partial charge in [-0.3, -0.25) is 4.72 Å². The number of methoxy groups -OCH3 is 1. The molecule has 0 heterocycles. The molecular weight excluding hydrogens is 520 g/mol. The molecule has 3 aromatic carbocycles. The monoisotopic (exact) mass is 556 g/mol. The van der Waals surface area contributed by atoms with E-state index < -0.39 is 24.3 Å². The Labute approximate surface area is 226 Å². The van der Waals surface area contributed by atoms with Crippen LogP contribution < -0.4 is 15.2 Å². The molecule has 3 N–H and O–H groups in total. The number of anilines is 2. The molecular formula is C28H36N2O6SSi. The number of nitrogens with two attached hydrogens (primary N) is 1. The summed E-state index contributed by atoms with van der Waals surface area (Å²) in [6.45, 7) is 13.1. The predicted molar refractivity (Wildman–Crippen MR) is 153 cm³/mol. The van der Waals surface area contributed by atoms with E-state index in [1.54, 1.807) is 36.4 Å². The molecule has 0 amide bonds. The lowest BCUT2D eigenvalue weighted by Gasteiger charge is -2.36. The van der Waals surface area contributed by atoms with Gasteiger partial charge in [0, 0.05) is 11.3 Å². The van der Waals surface area contributed by atoms with Crippen molar-refractivity contribution in [2.75, 3.05) is 17.6 Å². The third-order valence-electron chi connectivity index (χ3n) is 6.72. The Kier molecular flexibility index (Phi) is 8.60. The van der Waals surface area contributed by atoms with Gasteiger partial charge in [-0.25, -0.2) is 13.2 Å². The minimum Gasteiger partial charge on any atom is -0.465 e. The lowest BCUT2D eigenvalue weighted by atomic mass is 10.1. The first-order valence-electron chi connectivity index (χ1n) is 12.1. The van der Waals surface area contributed by atoms with Gasteiger partial charge < -0.3 is 19.6 Å². The number of rotatable bonds is 9. The molecule has 3 rings (SSSR count). The maximum absolute atomic E-state index is 12.9. The summed E-state index contributed by atoms with van der Waals surface area (Å²) in [4.78, 5) is 12.6. The molecule has 10 heteroatoms. The second-order valence-electron chi connectivity index (χ2n) is 10.6. The molecule has 0 aliphatic carbocycles. The Hall–Kier alpha value is -3.34. The molecule has 0 radical (unpaired) electrons. The van der Waals surface area contributed by atoms with Crippen molar-refractivity contribution in [3.63, 3.8) is 0 Å². The second-order valence-corrected chi connectivity index (χ2v) is 17.1. The van der Waals surface area contributed by atoms with Gasteiger partial charge in [0.15, 0.2) is 8.32 Å². The molecule has 3 aromatic rings. The van der Waals surface area contributed by atoms with Crippen molar-refractivity contribution in [2.24, 2.45) is 0 Å². The van der Waals surface area contributed by atoms with Gasteiger partial charge in [0.2, 0.25) is 0 Å². The van der Waals surface area contributed by atoms with Gasteiger partial charge in [0.05, 0.1) is 29.9 Å². The average molecular weight is 557 g/mol. The molecule has 0 aromatic heterocycles. The summed E-state index contributed by atoms with van der Waals surface area (Å²) >= 11 is 0. The first-order valence-corrected chi connectivity index (χ1v) is 16.5. The van der Waals surface area contributed by atoms with E-state index in [2.05, 4.69) is 38.6 Å². The van der Waals surface area contributed by atoms with Crippen LogP contribution in [0.2, 0.25) is 18.1 Å². The summed E-state index contributed by atoms with van der Waals surface area (Å²) in [6.07, 6.45) is 0. The third kappa shape index (κ3) is 6.94. The minimum atomic E-state index is -3.93. The lowest BCUT2D eigenvalue weighted by Crippen LogP contribution is -2.40. The zero-order valence-electron chi connectivity index (χ0n) is 22.9. The highest BCUT2D eigenvalue weighted by Crippen LogP contribution is 2.38. The molecule has 0 unspecified atom stereocenters. The third-order valence-corrected chi connectivity index (χ3v) is 12.6. The van der Waals surface area contributed by atoms with Crippen molar-refractivity contribution in [3.05, 3.63) is 77.4 Å². The van der Waals surface area contributed by atoms with Crippen LogP contribution in [0.3, 0.4) is 0 Å². The largest absolute Gasteiger partial charge is 0.465 e. The zero-order chi connectivity index (χ0) is 28.3. The fraction of sp³-hybridized carbons (Fsp3) is 0.321. The summed E-state index contributed by atoms with van der Waals surface area (Å²) in [5.74, 6) is 0.111. The molecule has 0 saturated heterocycles. The van der Waals surface area contributed by atoms with E-state index in [9.17, 15) is 13.2 Å². The Morgan fingerprint density at radius 2 is 1.58 bits per heavy atom. The fourth-order valence-corrected chi connectivity index (χ4v) is 5.29. The first-order chi connectivity index (χ1) is 17.6. The molecule has 0 aliphatic rings. The van der Waals surface area contributed by atoms with Gasteiger partial charge >= 0.3 is 5.97 Å². The van der Waals surface area contributed by atoms with Crippen molar-refractivity contribution in [2.45, 2.75) is 57.3 Å². The summed E-state index contributed by atoms with van der Waals surface area (Å²) in [7, 11) is -4.69. The highest BCUT2D eigenvalue weighted by molar-refractivity contribution is 7.92. The summed E-state index contributed by atoms with van der Waals surface area (Å²) in [5.41, 5.74) is 8.59. The number of nitrogen functional groups attached to an aromatic ring is 1. The lowest BCUT2D eigenvalue weighted by molar-refractivity contribution is 0.0601. The molecule has 204 valence electrons. The van der Waals surface area contributed by atoms with Gasteiger partial charge in [0.1, 0.15) is 11.5 Å². The normalized spacial score (nSPS) is 12.2. The number of carbonyl (C=O) groups is 1. The number of hydrogen-bond acceptors (Lipinski definition) is 7. The fourth-order valence-electron chi connectivity index (χ4n) is 3.26. The minimum absolute atomic E-state index is 0.0117. The summed E-state index contributed by atoms with van der Waals surface area (Å²) in [6, 6.07) is 16.1. The maximum Gasteiger partial charge on any atom is 0.340 e. The highest BCUT2D eigenvalue weighted by Gasteiger charge is 2.37. The quantitative estimate of drug-likeness (QED) is 0.176. The first kappa shape index (κ1) is 29.2. The van der Waals surface area contributed by atoms with Gasteiger partial charge in [-0.1, -0.05) is 38.5 Å². The molecule has 0 aliphatic heterocycles. The van der Waals surface area contributed by atoms with Crippen molar-refractivity contribution >= 4 is 35.7 Å². The number of sulfonamides is 1. The number of ether oxygens (including phenoxy) is 2. The van der Waals surface area contributed by atoms with Crippen LogP contribution in [-0.2, 0) is 25.8 Å². The van der Waals surface area contributed by atoms with E-state index >= 15 is 0 Å². The molecule has 0 bridgehead atoms.